The predicted octanol–water partition coefficient (Wildman–Crippen LogP) is 3.16. The van der Waals surface area contributed by atoms with Crippen LogP contribution in [0.3, 0.4) is 0 Å². The molecule has 4 nitrogen and oxygen atoms in total. The normalized spacial score (nSPS) is 26.3. The number of nitrogens with one attached hydrogen (secondary N) is 1. The zero-order valence-corrected chi connectivity index (χ0v) is 14.8. The molecule has 0 bridgehead atoms. The van der Waals surface area contributed by atoms with Crippen LogP contribution in [0, 0.1) is 5.92 Å². The van der Waals surface area contributed by atoms with Crippen LogP contribution in [0.2, 0.25) is 0 Å². The number of para-hydroxylation sites is 1. The van der Waals surface area contributed by atoms with Crippen molar-refractivity contribution in [3.8, 4) is 5.75 Å². The van der Waals surface area contributed by atoms with Gasteiger partial charge in [0, 0.05) is 30.8 Å². The highest BCUT2D eigenvalue weighted by Crippen LogP contribution is 2.31. The first kappa shape index (κ1) is 16.5. The van der Waals surface area contributed by atoms with Gasteiger partial charge >= 0.3 is 6.03 Å². The fraction of sp³-hybridized carbons (Fsp3) is 0.611. The first-order valence-electron chi connectivity index (χ1n) is 8.41. The SMILES string of the molecule is CSC1CCC(N(C)C(=O)NCC2COc3ccccc3C2)C1. The highest BCUT2D eigenvalue weighted by molar-refractivity contribution is 7.99. The van der Waals surface area contributed by atoms with Crippen molar-refractivity contribution in [3.63, 3.8) is 0 Å². The van der Waals surface area contributed by atoms with Crippen molar-refractivity contribution in [3.05, 3.63) is 29.8 Å². The van der Waals surface area contributed by atoms with E-state index in [0.717, 1.165) is 25.0 Å². The average Bonchev–Trinajstić information content (AvgIpc) is 3.08. The summed E-state index contributed by atoms with van der Waals surface area (Å²) in [6, 6.07) is 8.60. The summed E-state index contributed by atoms with van der Waals surface area (Å²) >= 11 is 1.92. The highest BCUT2D eigenvalue weighted by Gasteiger charge is 2.29. The number of carbonyl (C=O) groups is 1. The van der Waals surface area contributed by atoms with Crippen LogP contribution >= 0.6 is 11.8 Å². The van der Waals surface area contributed by atoms with E-state index in [9.17, 15) is 4.79 Å². The molecule has 23 heavy (non-hydrogen) atoms. The van der Waals surface area contributed by atoms with Crippen molar-refractivity contribution >= 4 is 17.8 Å². The third kappa shape index (κ3) is 3.94. The molecule has 2 amide bonds. The van der Waals surface area contributed by atoms with Crippen LogP contribution in [0.1, 0.15) is 24.8 Å². The number of carbonyl (C=O) groups excluding carboxylic acids is 1. The molecule has 2 aliphatic rings. The molecule has 3 unspecified atom stereocenters. The minimum absolute atomic E-state index is 0.0515. The summed E-state index contributed by atoms with van der Waals surface area (Å²) in [6.45, 7) is 1.36. The molecule has 1 saturated carbocycles. The lowest BCUT2D eigenvalue weighted by atomic mass is 9.97. The van der Waals surface area contributed by atoms with Gasteiger partial charge in [0.05, 0.1) is 6.61 Å². The molecule has 0 radical (unpaired) electrons. The second kappa shape index (κ2) is 7.47. The van der Waals surface area contributed by atoms with Gasteiger partial charge in [-0.1, -0.05) is 18.2 Å². The monoisotopic (exact) mass is 334 g/mol. The topological polar surface area (TPSA) is 41.6 Å². The van der Waals surface area contributed by atoms with Crippen LogP contribution in [0.4, 0.5) is 4.79 Å². The zero-order chi connectivity index (χ0) is 16.2. The number of benzene rings is 1. The Kier molecular flexibility index (Phi) is 5.36. The molecule has 0 aromatic heterocycles. The Hall–Kier alpha value is -1.36. The van der Waals surface area contributed by atoms with E-state index >= 15 is 0 Å². The van der Waals surface area contributed by atoms with Gasteiger partial charge in [-0.2, -0.15) is 11.8 Å². The fourth-order valence-electron chi connectivity index (χ4n) is 3.53. The molecule has 1 fully saturated rings. The summed E-state index contributed by atoms with van der Waals surface area (Å²) < 4.78 is 5.79. The van der Waals surface area contributed by atoms with Gasteiger partial charge in [-0.05, 0) is 43.6 Å². The molecular weight excluding hydrogens is 308 g/mol. The quantitative estimate of drug-likeness (QED) is 0.919. The third-order valence-electron chi connectivity index (χ3n) is 5.06. The smallest absolute Gasteiger partial charge is 0.317 e. The maximum Gasteiger partial charge on any atom is 0.317 e. The zero-order valence-electron chi connectivity index (χ0n) is 14.0. The van der Waals surface area contributed by atoms with Gasteiger partial charge in [0.15, 0.2) is 0 Å². The molecule has 1 heterocycles. The molecule has 1 aromatic rings. The molecule has 1 aliphatic heterocycles. The van der Waals surface area contributed by atoms with E-state index in [2.05, 4.69) is 17.6 Å². The first-order valence-corrected chi connectivity index (χ1v) is 9.70. The van der Waals surface area contributed by atoms with Crippen LogP contribution in [0.25, 0.3) is 0 Å². The molecule has 0 saturated heterocycles. The Balaban J connectivity index is 1.46. The number of urea groups is 1. The number of hydrogen-bond donors (Lipinski definition) is 1. The molecule has 0 spiro atoms. The number of thioether (sulfide) groups is 1. The average molecular weight is 334 g/mol. The van der Waals surface area contributed by atoms with Gasteiger partial charge < -0.3 is 15.0 Å². The summed E-state index contributed by atoms with van der Waals surface area (Å²) in [5, 5.41) is 3.80. The van der Waals surface area contributed by atoms with Crippen LogP contribution in [0.15, 0.2) is 24.3 Å². The van der Waals surface area contributed by atoms with Gasteiger partial charge in [-0.15, -0.1) is 0 Å². The van der Waals surface area contributed by atoms with Crippen LogP contribution in [-0.4, -0.2) is 48.7 Å². The number of hydrogen-bond acceptors (Lipinski definition) is 3. The van der Waals surface area contributed by atoms with E-state index in [-0.39, 0.29) is 6.03 Å². The van der Waals surface area contributed by atoms with Crippen molar-refractivity contribution in [2.45, 2.75) is 37.0 Å². The van der Waals surface area contributed by atoms with E-state index in [1.54, 1.807) is 0 Å². The Bertz CT molecular complexity index is 552. The van der Waals surface area contributed by atoms with Crippen LogP contribution < -0.4 is 10.1 Å². The first-order chi connectivity index (χ1) is 11.2. The van der Waals surface area contributed by atoms with E-state index in [4.69, 9.17) is 4.74 Å². The molecule has 3 atom stereocenters. The fourth-order valence-corrected chi connectivity index (χ4v) is 4.31. The predicted molar refractivity (Wildman–Crippen MR) is 95.2 cm³/mol. The van der Waals surface area contributed by atoms with E-state index in [1.807, 2.05) is 41.9 Å². The van der Waals surface area contributed by atoms with E-state index in [0.29, 0.717) is 30.4 Å². The van der Waals surface area contributed by atoms with Gasteiger partial charge in [-0.3, -0.25) is 0 Å². The summed E-state index contributed by atoms with van der Waals surface area (Å²) in [6.07, 6.45) is 6.59. The third-order valence-corrected chi connectivity index (χ3v) is 6.15. The van der Waals surface area contributed by atoms with Gasteiger partial charge in [0.1, 0.15) is 5.75 Å². The molecule has 1 aliphatic carbocycles. The second-order valence-corrected chi connectivity index (χ2v) is 7.75. The van der Waals surface area contributed by atoms with Crippen molar-refractivity contribution in [2.75, 3.05) is 26.5 Å². The maximum absolute atomic E-state index is 12.4. The van der Waals surface area contributed by atoms with E-state index < -0.39 is 0 Å². The number of amides is 2. The minimum atomic E-state index is 0.0515. The summed E-state index contributed by atoms with van der Waals surface area (Å²) in [7, 11) is 1.93. The number of fused-ring (bicyclic) bond motifs is 1. The Labute approximate surface area is 143 Å². The maximum atomic E-state index is 12.4. The summed E-state index contributed by atoms with van der Waals surface area (Å²) in [4.78, 5) is 14.3. The lowest BCUT2D eigenvalue weighted by molar-refractivity contribution is 0.181. The van der Waals surface area contributed by atoms with Crippen molar-refractivity contribution < 1.29 is 9.53 Å². The molecule has 1 aromatic carbocycles. The van der Waals surface area contributed by atoms with Crippen molar-refractivity contribution in [1.82, 2.24) is 10.2 Å². The number of nitrogens with zero attached hydrogens (tertiary/aromatic N) is 1. The number of ether oxygens (including phenoxy) is 1. The molecule has 3 rings (SSSR count). The van der Waals surface area contributed by atoms with Crippen LogP contribution in [-0.2, 0) is 6.42 Å². The van der Waals surface area contributed by atoms with Gasteiger partial charge in [0.25, 0.3) is 0 Å². The second-order valence-electron chi connectivity index (χ2n) is 6.61. The van der Waals surface area contributed by atoms with Gasteiger partial charge in [0.2, 0.25) is 0 Å². The lowest BCUT2D eigenvalue weighted by Crippen LogP contribution is -2.45. The minimum Gasteiger partial charge on any atom is -0.493 e. The number of rotatable bonds is 4. The lowest BCUT2D eigenvalue weighted by Gasteiger charge is -2.28. The van der Waals surface area contributed by atoms with Crippen molar-refractivity contribution in [2.24, 2.45) is 5.92 Å². The van der Waals surface area contributed by atoms with Crippen LogP contribution in [0.5, 0.6) is 5.75 Å². The molecule has 5 heteroatoms. The molecule has 1 N–H and O–H groups in total. The Morgan fingerprint density at radius 3 is 3.00 bits per heavy atom. The standard InChI is InChI=1S/C18H26N2O2S/c1-20(15-7-8-16(10-15)23-2)18(21)19-11-13-9-14-5-3-4-6-17(14)22-12-13/h3-6,13,15-16H,7-12H2,1-2H3,(H,19,21). The van der Waals surface area contributed by atoms with Gasteiger partial charge in [-0.25, -0.2) is 4.79 Å². The van der Waals surface area contributed by atoms with Crippen molar-refractivity contribution in [1.29, 1.82) is 0 Å². The summed E-state index contributed by atoms with van der Waals surface area (Å²) in [5.74, 6) is 1.34. The highest BCUT2D eigenvalue weighted by atomic mass is 32.2. The summed E-state index contributed by atoms with van der Waals surface area (Å²) in [5.41, 5.74) is 1.24. The molecular formula is C18H26N2O2S. The Morgan fingerprint density at radius 2 is 2.22 bits per heavy atom. The largest absolute Gasteiger partial charge is 0.493 e. The Morgan fingerprint density at radius 1 is 1.39 bits per heavy atom. The molecule has 126 valence electrons. The van der Waals surface area contributed by atoms with E-state index in [1.165, 1.54) is 12.0 Å².